The normalized spacial score (nSPS) is 17.3. The molecular formula is C28H35N5O5. The highest BCUT2D eigenvalue weighted by Crippen LogP contribution is 2.39. The Hall–Kier alpha value is -4.08. The van der Waals surface area contributed by atoms with Gasteiger partial charge in [0.1, 0.15) is 18.6 Å². The number of nitrogens with one attached hydrogen (secondary N) is 2. The van der Waals surface area contributed by atoms with Crippen molar-refractivity contribution in [1.29, 1.82) is 0 Å². The van der Waals surface area contributed by atoms with Crippen molar-refractivity contribution in [2.75, 3.05) is 44.4 Å². The Morgan fingerprint density at radius 2 is 1.63 bits per heavy atom. The third-order valence-electron chi connectivity index (χ3n) is 7.16. The lowest BCUT2D eigenvalue weighted by Crippen LogP contribution is -2.58. The van der Waals surface area contributed by atoms with Gasteiger partial charge in [-0.3, -0.25) is 14.4 Å². The van der Waals surface area contributed by atoms with Gasteiger partial charge in [0, 0.05) is 18.8 Å². The monoisotopic (exact) mass is 521 g/mol. The number of ether oxygens (including phenoxy) is 1. The smallest absolute Gasteiger partial charge is 0.325 e. The first-order valence-corrected chi connectivity index (χ1v) is 13.0. The molecule has 2 N–H and O–H groups in total. The molecule has 0 saturated carbocycles. The summed E-state index contributed by atoms with van der Waals surface area (Å²) >= 11 is 0. The minimum absolute atomic E-state index is 0.0508. The maximum absolute atomic E-state index is 13.8. The second kappa shape index (κ2) is 12.0. The summed E-state index contributed by atoms with van der Waals surface area (Å²) in [6.07, 6.45) is 0.818. The van der Waals surface area contributed by atoms with Gasteiger partial charge < -0.3 is 30.1 Å². The number of urea groups is 1. The van der Waals surface area contributed by atoms with E-state index >= 15 is 0 Å². The van der Waals surface area contributed by atoms with Crippen LogP contribution in [0, 0.1) is 0 Å². The molecule has 2 aliphatic heterocycles. The highest BCUT2D eigenvalue weighted by Gasteiger charge is 2.54. The molecule has 38 heavy (non-hydrogen) atoms. The van der Waals surface area contributed by atoms with Crippen LogP contribution in [0.5, 0.6) is 0 Å². The zero-order valence-corrected chi connectivity index (χ0v) is 21.9. The van der Waals surface area contributed by atoms with E-state index < -0.39 is 11.5 Å². The molecule has 4 amide bonds. The minimum Gasteiger partial charge on any atom is -0.465 e. The molecular weight excluding hydrogens is 486 g/mol. The molecule has 10 heteroatoms. The molecule has 4 rings (SSSR count). The number of piperidine rings is 1. The average Bonchev–Trinajstić information content (AvgIpc) is 3.19. The van der Waals surface area contributed by atoms with Crippen LogP contribution in [0.15, 0.2) is 60.7 Å². The van der Waals surface area contributed by atoms with E-state index in [0.29, 0.717) is 25.9 Å². The Bertz CT molecular complexity index is 1130. The van der Waals surface area contributed by atoms with Crippen LogP contribution in [0.3, 0.4) is 0 Å². The van der Waals surface area contributed by atoms with Crippen molar-refractivity contribution in [3.8, 4) is 0 Å². The van der Waals surface area contributed by atoms with Crippen LogP contribution in [0.25, 0.3) is 0 Å². The number of nitrogens with zero attached hydrogens (tertiary/aromatic N) is 3. The number of para-hydroxylation sites is 1. The lowest BCUT2D eigenvalue weighted by atomic mass is 9.85. The second-order valence-electron chi connectivity index (χ2n) is 9.59. The number of likely N-dealkylation sites (tertiary alicyclic amines) is 1. The Morgan fingerprint density at radius 3 is 2.26 bits per heavy atom. The lowest BCUT2D eigenvalue weighted by Gasteiger charge is -2.43. The predicted molar refractivity (Wildman–Crippen MR) is 142 cm³/mol. The summed E-state index contributed by atoms with van der Waals surface area (Å²) in [5, 5.41) is 5.58. The molecule has 0 aromatic heterocycles. The first-order chi connectivity index (χ1) is 18.3. The molecule has 1 spiro atoms. The fourth-order valence-electron chi connectivity index (χ4n) is 5.16. The third-order valence-corrected chi connectivity index (χ3v) is 7.16. The Kier molecular flexibility index (Phi) is 8.50. The first-order valence-electron chi connectivity index (χ1n) is 13.0. The van der Waals surface area contributed by atoms with E-state index in [-0.39, 0.29) is 50.3 Å². The van der Waals surface area contributed by atoms with E-state index in [4.69, 9.17) is 4.74 Å². The van der Waals surface area contributed by atoms with Gasteiger partial charge in [-0.25, -0.2) is 4.79 Å². The number of amides is 4. The highest BCUT2D eigenvalue weighted by molar-refractivity contribution is 5.96. The maximum atomic E-state index is 13.8. The minimum atomic E-state index is -0.857. The standard InChI is InChI=1S/C28H35N5O5/c1-3-38-25(35)18-29-27(37)31-16-14-28(15-17-31)26(36)32(20-33(28)23-12-8-5-9-13-23)19-24(34)30-21(2)22-10-6-4-7-11-22/h4-13,21H,3,14-20H2,1-2H3,(H,29,37)(H,30,34). The summed E-state index contributed by atoms with van der Waals surface area (Å²) < 4.78 is 4.86. The number of esters is 1. The van der Waals surface area contributed by atoms with E-state index in [1.807, 2.05) is 67.6 Å². The molecule has 1 atom stereocenters. The molecule has 0 radical (unpaired) electrons. The summed E-state index contributed by atoms with van der Waals surface area (Å²) in [6.45, 7) is 4.59. The first kappa shape index (κ1) is 27.0. The van der Waals surface area contributed by atoms with E-state index in [2.05, 4.69) is 15.5 Å². The van der Waals surface area contributed by atoms with Gasteiger partial charge >= 0.3 is 12.0 Å². The van der Waals surface area contributed by atoms with Crippen LogP contribution in [0.4, 0.5) is 10.5 Å². The van der Waals surface area contributed by atoms with Crippen LogP contribution in [-0.4, -0.2) is 78.6 Å². The Morgan fingerprint density at radius 1 is 1.00 bits per heavy atom. The summed E-state index contributed by atoms with van der Waals surface area (Å²) in [7, 11) is 0. The van der Waals surface area contributed by atoms with Crippen LogP contribution < -0.4 is 15.5 Å². The van der Waals surface area contributed by atoms with Gasteiger partial charge in [-0.15, -0.1) is 0 Å². The van der Waals surface area contributed by atoms with E-state index in [1.165, 1.54) is 0 Å². The SMILES string of the molecule is CCOC(=O)CNC(=O)N1CCC2(CC1)C(=O)N(CC(=O)NC(C)c1ccccc1)CN2c1ccccc1. The van der Waals surface area contributed by atoms with Gasteiger partial charge in [0.15, 0.2) is 0 Å². The van der Waals surface area contributed by atoms with E-state index in [1.54, 1.807) is 16.7 Å². The van der Waals surface area contributed by atoms with Gasteiger partial charge in [0.2, 0.25) is 5.91 Å². The molecule has 202 valence electrons. The molecule has 0 aliphatic carbocycles. The van der Waals surface area contributed by atoms with Crippen LogP contribution in [0.2, 0.25) is 0 Å². The van der Waals surface area contributed by atoms with Crippen molar-refractivity contribution in [2.45, 2.75) is 38.3 Å². The third kappa shape index (κ3) is 5.90. The predicted octanol–water partition coefficient (Wildman–Crippen LogP) is 2.28. The lowest BCUT2D eigenvalue weighted by molar-refractivity contribution is -0.141. The average molecular weight is 522 g/mol. The molecule has 2 heterocycles. The number of hydrogen-bond donors (Lipinski definition) is 2. The molecule has 2 aromatic carbocycles. The molecule has 2 aromatic rings. The molecule has 10 nitrogen and oxygen atoms in total. The summed E-state index contributed by atoms with van der Waals surface area (Å²) in [4.78, 5) is 56.3. The van der Waals surface area contributed by atoms with Crippen LogP contribution >= 0.6 is 0 Å². The maximum Gasteiger partial charge on any atom is 0.325 e. The molecule has 1 unspecified atom stereocenters. The molecule has 2 saturated heterocycles. The van der Waals surface area contributed by atoms with Crippen LogP contribution in [-0.2, 0) is 19.1 Å². The van der Waals surface area contributed by atoms with Gasteiger partial charge in [-0.05, 0) is 44.4 Å². The summed E-state index contributed by atoms with van der Waals surface area (Å²) in [6, 6.07) is 18.8. The fraction of sp³-hybridized carbons (Fsp3) is 0.429. The van der Waals surface area contributed by atoms with Gasteiger partial charge in [-0.2, -0.15) is 0 Å². The van der Waals surface area contributed by atoms with Gasteiger partial charge in [0.05, 0.1) is 19.3 Å². The molecule has 2 aliphatic rings. The number of anilines is 1. The van der Waals surface area contributed by atoms with Crippen molar-refractivity contribution in [1.82, 2.24) is 20.4 Å². The summed E-state index contributed by atoms with van der Waals surface area (Å²) in [5.41, 5.74) is 1.02. The quantitative estimate of drug-likeness (QED) is 0.516. The zero-order chi connectivity index (χ0) is 27.1. The largest absolute Gasteiger partial charge is 0.465 e. The van der Waals surface area contributed by atoms with Crippen molar-refractivity contribution in [2.24, 2.45) is 0 Å². The fourth-order valence-corrected chi connectivity index (χ4v) is 5.16. The van der Waals surface area contributed by atoms with E-state index in [9.17, 15) is 19.2 Å². The number of carbonyl (C=O) groups is 4. The number of carbonyl (C=O) groups excluding carboxylic acids is 4. The Labute approximate surface area is 222 Å². The van der Waals surface area contributed by atoms with Crippen molar-refractivity contribution in [3.05, 3.63) is 66.2 Å². The van der Waals surface area contributed by atoms with Crippen molar-refractivity contribution >= 4 is 29.5 Å². The number of hydrogen-bond acceptors (Lipinski definition) is 6. The summed E-state index contributed by atoms with van der Waals surface area (Å²) in [5.74, 6) is -0.836. The van der Waals surface area contributed by atoms with Crippen LogP contribution in [0.1, 0.15) is 38.3 Å². The highest BCUT2D eigenvalue weighted by atomic mass is 16.5. The van der Waals surface area contributed by atoms with E-state index in [0.717, 1.165) is 11.3 Å². The molecule has 2 fully saturated rings. The zero-order valence-electron chi connectivity index (χ0n) is 21.9. The molecule has 0 bridgehead atoms. The van der Waals surface area contributed by atoms with Gasteiger partial charge in [0.25, 0.3) is 5.91 Å². The Balaban J connectivity index is 1.44. The number of rotatable bonds is 8. The number of benzene rings is 2. The van der Waals surface area contributed by atoms with Crippen molar-refractivity contribution < 1.29 is 23.9 Å². The second-order valence-corrected chi connectivity index (χ2v) is 9.59. The van der Waals surface area contributed by atoms with Gasteiger partial charge in [-0.1, -0.05) is 48.5 Å². The topological polar surface area (TPSA) is 111 Å². The van der Waals surface area contributed by atoms with Crippen molar-refractivity contribution in [3.63, 3.8) is 0 Å².